The molecule has 1 N–H and O–H groups in total. The molecule has 1 aromatic rings. The highest BCUT2D eigenvalue weighted by Crippen LogP contribution is 2.25. The van der Waals surface area contributed by atoms with Gasteiger partial charge in [0.05, 0.1) is 0 Å². The first-order valence-electron chi connectivity index (χ1n) is 6.26. The van der Waals surface area contributed by atoms with E-state index in [2.05, 4.69) is 61.0 Å². The molecule has 1 unspecified atom stereocenters. The van der Waals surface area contributed by atoms with Crippen molar-refractivity contribution >= 4 is 15.9 Å². The summed E-state index contributed by atoms with van der Waals surface area (Å²) in [6.07, 6.45) is 3.23. The molecule has 0 amide bonds. The lowest BCUT2D eigenvalue weighted by atomic mass is 9.85. The molecule has 0 aliphatic carbocycles. The zero-order chi connectivity index (χ0) is 12.9. The Morgan fingerprint density at radius 2 is 1.76 bits per heavy atom. The largest absolute Gasteiger partial charge is 0.396 e. The third-order valence-electron chi connectivity index (χ3n) is 3.00. The van der Waals surface area contributed by atoms with E-state index in [1.807, 2.05) is 0 Å². The van der Waals surface area contributed by atoms with E-state index in [-0.39, 0.29) is 6.61 Å². The van der Waals surface area contributed by atoms with Crippen molar-refractivity contribution in [1.82, 2.24) is 0 Å². The summed E-state index contributed by atoms with van der Waals surface area (Å²) in [6, 6.07) is 8.38. The standard InChI is InChI=1S/C15H23BrO/c1-15(2,3)9-8-13(11-17)10-12-4-6-14(16)7-5-12/h4-7,13,17H,8-11H2,1-3H3. The van der Waals surface area contributed by atoms with Gasteiger partial charge in [0.15, 0.2) is 0 Å². The van der Waals surface area contributed by atoms with E-state index in [1.165, 1.54) is 5.56 Å². The van der Waals surface area contributed by atoms with Crippen LogP contribution in [0, 0.1) is 11.3 Å². The summed E-state index contributed by atoms with van der Waals surface area (Å²) in [5.74, 6) is 0.385. The van der Waals surface area contributed by atoms with Crippen molar-refractivity contribution in [2.24, 2.45) is 11.3 Å². The smallest absolute Gasteiger partial charge is 0.0462 e. The van der Waals surface area contributed by atoms with Gasteiger partial charge in [-0.15, -0.1) is 0 Å². The van der Waals surface area contributed by atoms with E-state index in [0.29, 0.717) is 11.3 Å². The number of hydrogen-bond acceptors (Lipinski definition) is 1. The Morgan fingerprint density at radius 3 is 2.24 bits per heavy atom. The first-order chi connectivity index (χ1) is 7.90. The average molecular weight is 299 g/mol. The lowest BCUT2D eigenvalue weighted by Gasteiger charge is -2.22. The zero-order valence-corrected chi connectivity index (χ0v) is 12.6. The fourth-order valence-electron chi connectivity index (χ4n) is 1.85. The van der Waals surface area contributed by atoms with Gasteiger partial charge in [-0.2, -0.15) is 0 Å². The van der Waals surface area contributed by atoms with E-state index in [1.54, 1.807) is 0 Å². The van der Waals surface area contributed by atoms with Gasteiger partial charge in [0, 0.05) is 11.1 Å². The third-order valence-corrected chi connectivity index (χ3v) is 3.53. The van der Waals surface area contributed by atoms with Crippen LogP contribution in [0.4, 0.5) is 0 Å². The van der Waals surface area contributed by atoms with E-state index in [9.17, 15) is 5.11 Å². The topological polar surface area (TPSA) is 20.2 Å². The molecule has 1 nitrogen and oxygen atoms in total. The summed E-state index contributed by atoms with van der Waals surface area (Å²) >= 11 is 3.44. The molecule has 0 saturated heterocycles. The maximum absolute atomic E-state index is 9.43. The predicted molar refractivity (Wildman–Crippen MR) is 77.1 cm³/mol. The molecular weight excluding hydrogens is 276 g/mol. The molecule has 0 spiro atoms. The van der Waals surface area contributed by atoms with Gasteiger partial charge in [-0.05, 0) is 48.3 Å². The highest BCUT2D eigenvalue weighted by atomic mass is 79.9. The fourth-order valence-corrected chi connectivity index (χ4v) is 2.11. The Labute approximate surface area is 113 Å². The van der Waals surface area contributed by atoms with Crippen LogP contribution in [0.3, 0.4) is 0 Å². The van der Waals surface area contributed by atoms with Gasteiger partial charge in [-0.25, -0.2) is 0 Å². The zero-order valence-electron chi connectivity index (χ0n) is 11.0. The quantitative estimate of drug-likeness (QED) is 0.853. The highest BCUT2D eigenvalue weighted by molar-refractivity contribution is 9.10. The summed E-state index contributed by atoms with van der Waals surface area (Å²) < 4.78 is 1.11. The maximum Gasteiger partial charge on any atom is 0.0462 e. The third kappa shape index (κ3) is 6.23. The molecule has 1 rings (SSSR count). The molecule has 1 atom stereocenters. The number of rotatable bonds is 5. The van der Waals surface area contributed by atoms with Crippen molar-refractivity contribution in [1.29, 1.82) is 0 Å². The Morgan fingerprint density at radius 1 is 1.18 bits per heavy atom. The second-order valence-corrected chi connectivity index (χ2v) is 6.89. The number of aliphatic hydroxyl groups excluding tert-OH is 1. The molecule has 0 radical (unpaired) electrons. The van der Waals surface area contributed by atoms with Gasteiger partial charge in [0.1, 0.15) is 0 Å². The maximum atomic E-state index is 9.43. The van der Waals surface area contributed by atoms with Crippen LogP contribution in [0.25, 0.3) is 0 Å². The molecule has 0 bridgehead atoms. The van der Waals surface area contributed by atoms with Crippen LogP contribution in [0.1, 0.15) is 39.2 Å². The first-order valence-corrected chi connectivity index (χ1v) is 7.05. The molecule has 0 aromatic heterocycles. The lowest BCUT2D eigenvalue weighted by molar-refractivity contribution is 0.200. The van der Waals surface area contributed by atoms with Crippen molar-refractivity contribution in [2.75, 3.05) is 6.61 Å². The molecule has 2 heteroatoms. The number of benzene rings is 1. The summed E-state index contributed by atoms with van der Waals surface area (Å²) in [7, 11) is 0. The molecule has 96 valence electrons. The normalized spacial score (nSPS) is 13.7. The Balaban J connectivity index is 2.49. The molecule has 1 aromatic carbocycles. The van der Waals surface area contributed by atoms with Crippen LogP contribution >= 0.6 is 15.9 Å². The van der Waals surface area contributed by atoms with Crippen LogP contribution in [0.5, 0.6) is 0 Å². The van der Waals surface area contributed by atoms with Crippen LogP contribution in [-0.2, 0) is 6.42 Å². The lowest BCUT2D eigenvalue weighted by Crippen LogP contribution is -2.14. The molecule has 0 aliphatic rings. The summed E-state index contributed by atoms with van der Waals surface area (Å²) in [5.41, 5.74) is 1.66. The summed E-state index contributed by atoms with van der Waals surface area (Å²) in [5, 5.41) is 9.43. The van der Waals surface area contributed by atoms with Gasteiger partial charge in [0.2, 0.25) is 0 Å². The van der Waals surface area contributed by atoms with E-state index < -0.39 is 0 Å². The highest BCUT2D eigenvalue weighted by Gasteiger charge is 2.15. The van der Waals surface area contributed by atoms with Gasteiger partial charge in [-0.1, -0.05) is 48.8 Å². The van der Waals surface area contributed by atoms with E-state index in [0.717, 1.165) is 23.7 Å². The molecule has 0 saturated carbocycles. The van der Waals surface area contributed by atoms with Crippen LogP contribution in [0.15, 0.2) is 28.7 Å². The second kappa shape index (κ2) is 6.55. The van der Waals surface area contributed by atoms with Crippen LogP contribution in [-0.4, -0.2) is 11.7 Å². The number of hydrogen-bond donors (Lipinski definition) is 1. The van der Waals surface area contributed by atoms with Crippen molar-refractivity contribution < 1.29 is 5.11 Å². The molecule has 0 fully saturated rings. The van der Waals surface area contributed by atoms with Crippen molar-refractivity contribution in [2.45, 2.75) is 40.0 Å². The van der Waals surface area contributed by atoms with Gasteiger partial charge >= 0.3 is 0 Å². The van der Waals surface area contributed by atoms with Crippen LogP contribution in [0.2, 0.25) is 0 Å². The van der Waals surface area contributed by atoms with Gasteiger partial charge < -0.3 is 5.11 Å². The Hall–Kier alpha value is -0.340. The van der Waals surface area contributed by atoms with Crippen molar-refractivity contribution in [3.63, 3.8) is 0 Å². The SMILES string of the molecule is CC(C)(C)CCC(CO)Cc1ccc(Br)cc1. The Bertz CT molecular complexity index is 324. The predicted octanol–water partition coefficient (Wildman–Crippen LogP) is 4.43. The minimum atomic E-state index is 0.284. The summed E-state index contributed by atoms with van der Waals surface area (Å²) in [4.78, 5) is 0. The molecule has 0 heterocycles. The first kappa shape index (κ1) is 14.7. The monoisotopic (exact) mass is 298 g/mol. The molecule has 0 aliphatic heterocycles. The average Bonchev–Trinajstić information content (AvgIpc) is 2.25. The fraction of sp³-hybridized carbons (Fsp3) is 0.600. The van der Waals surface area contributed by atoms with Crippen molar-refractivity contribution in [3.8, 4) is 0 Å². The minimum absolute atomic E-state index is 0.284. The van der Waals surface area contributed by atoms with Gasteiger partial charge in [-0.3, -0.25) is 0 Å². The summed E-state index contributed by atoms with van der Waals surface area (Å²) in [6.45, 7) is 7.04. The number of halogens is 1. The molecular formula is C15H23BrO. The minimum Gasteiger partial charge on any atom is -0.396 e. The van der Waals surface area contributed by atoms with Gasteiger partial charge in [0.25, 0.3) is 0 Å². The second-order valence-electron chi connectivity index (χ2n) is 5.98. The van der Waals surface area contributed by atoms with E-state index >= 15 is 0 Å². The van der Waals surface area contributed by atoms with E-state index in [4.69, 9.17) is 0 Å². The Kier molecular flexibility index (Phi) is 5.68. The molecule has 17 heavy (non-hydrogen) atoms. The van der Waals surface area contributed by atoms with Crippen LogP contribution < -0.4 is 0 Å². The van der Waals surface area contributed by atoms with Crippen molar-refractivity contribution in [3.05, 3.63) is 34.3 Å². The number of aliphatic hydroxyl groups is 1.